The number of nitrogens with zero attached hydrogens (tertiary/aromatic N) is 2. The highest BCUT2D eigenvalue weighted by molar-refractivity contribution is 7.92. The molecule has 7 nitrogen and oxygen atoms in total. The van der Waals surface area contributed by atoms with Crippen molar-refractivity contribution in [1.29, 1.82) is 5.26 Å². The van der Waals surface area contributed by atoms with Crippen molar-refractivity contribution in [2.45, 2.75) is 6.92 Å². The molecule has 0 aliphatic carbocycles. The maximum atomic E-state index is 12.3. The fraction of sp³-hybridized carbons (Fsp3) is 0.118. The minimum Gasteiger partial charge on any atom is -0.360 e. The topological polar surface area (TPSA) is 116 Å². The minimum absolute atomic E-state index is 0.0334. The number of aromatic amines is 1. The summed E-state index contributed by atoms with van der Waals surface area (Å²) >= 11 is 0. The van der Waals surface area contributed by atoms with Gasteiger partial charge in [0.05, 0.1) is 17.6 Å². The van der Waals surface area contributed by atoms with Gasteiger partial charge in [0.1, 0.15) is 11.6 Å². The Morgan fingerprint density at radius 2 is 2.00 bits per heavy atom. The molecule has 1 aromatic carbocycles. The van der Waals surface area contributed by atoms with Crippen LogP contribution in [0.5, 0.6) is 0 Å². The number of benzene rings is 1. The molecule has 126 valence electrons. The van der Waals surface area contributed by atoms with Gasteiger partial charge in [-0.3, -0.25) is 14.5 Å². The van der Waals surface area contributed by atoms with E-state index in [1.165, 1.54) is 6.20 Å². The zero-order chi connectivity index (χ0) is 18.2. The van der Waals surface area contributed by atoms with E-state index in [9.17, 15) is 13.2 Å². The molecule has 2 aromatic heterocycles. The van der Waals surface area contributed by atoms with E-state index in [2.05, 4.69) is 14.7 Å². The molecule has 0 atom stereocenters. The van der Waals surface area contributed by atoms with Crippen LogP contribution in [0.25, 0.3) is 22.0 Å². The summed E-state index contributed by atoms with van der Waals surface area (Å²) in [4.78, 5) is 19.4. The zero-order valence-electron chi connectivity index (χ0n) is 13.5. The Labute approximate surface area is 144 Å². The first-order chi connectivity index (χ1) is 11.8. The van der Waals surface area contributed by atoms with Gasteiger partial charge in [-0.05, 0) is 30.7 Å². The second-order valence-electron chi connectivity index (χ2n) is 5.63. The van der Waals surface area contributed by atoms with Gasteiger partial charge in [0.2, 0.25) is 15.5 Å². The second kappa shape index (κ2) is 6.03. The van der Waals surface area contributed by atoms with Gasteiger partial charge in [-0.2, -0.15) is 5.26 Å². The summed E-state index contributed by atoms with van der Waals surface area (Å²) in [6.45, 7) is 1.70. The van der Waals surface area contributed by atoms with Gasteiger partial charge in [-0.25, -0.2) is 8.42 Å². The molecule has 0 spiro atoms. The highest BCUT2D eigenvalue weighted by Crippen LogP contribution is 2.26. The van der Waals surface area contributed by atoms with E-state index in [1.807, 2.05) is 6.07 Å². The standard InChI is InChI=1S/C17H14N4O3S/c1-10-16(21-25(2,23)24)6-12(8-19-10)11-3-4-15-14(5-11)17(22)13(7-18)9-20-15/h3-6,8-9,21H,1-2H3,(H,20,22). The molecule has 0 radical (unpaired) electrons. The highest BCUT2D eigenvalue weighted by Gasteiger charge is 2.10. The average molecular weight is 354 g/mol. The normalized spacial score (nSPS) is 11.2. The number of hydrogen-bond donors (Lipinski definition) is 2. The number of fused-ring (bicyclic) bond motifs is 1. The third-order valence-electron chi connectivity index (χ3n) is 3.72. The smallest absolute Gasteiger partial charge is 0.229 e. The third-order valence-corrected chi connectivity index (χ3v) is 4.31. The van der Waals surface area contributed by atoms with Gasteiger partial charge >= 0.3 is 0 Å². The number of H-pyrrole nitrogens is 1. The number of anilines is 1. The van der Waals surface area contributed by atoms with Crippen molar-refractivity contribution in [1.82, 2.24) is 9.97 Å². The van der Waals surface area contributed by atoms with Crippen molar-refractivity contribution in [3.63, 3.8) is 0 Å². The SMILES string of the molecule is Cc1ncc(-c2ccc3[nH]cc(C#N)c(=O)c3c2)cc1NS(C)(=O)=O. The van der Waals surface area contributed by atoms with Crippen molar-refractivity contribution in [2.75, 3.05) is 11.0 Å². The lowest BCUT2D eigenvalue weighted by Gasteiger charge is -2.10. The van der Waals surface area contributed by atoms with Crippen LogP contribution >= 0.6 is 0 Å². The third kappa shape index (κ3) is 3.36. The second-order valence-corrected chi connectivity index (χ2v) is 7.38. The summed E-state index contributed by atoms with van der Waals surface area (Å²) in [5.74, 6) is 0. The summed E-state index contributed by atoms with van der Waals surface area (Å²) in [5.41, 5.74) is 2.55. The number of rotatable bonds is 3. The molecular formula is C17H14N4O3S. The minimum atomic E-state index is -3.43. The van der Waals surface area contributed by atoms with Crippen LogP contribution in [0.4, 0.5) is 5.69 Å². The fourth-order valence-corrected chi connectivity index (χ4v) is 3.08. The molecular weight excluding hydrogens is 340 g/mol. The van der Waals surface area contributed by atoms with Crippen LogP contribution in [0, 0.1) is 18.3 Å². The van der Waals surface area contributed by atoms with Crippen LogP contribution in [0.1, 0.15) is 11.3 Å². The maximum Gasteiger partial charge on any atom is 0.229 e. The molecule has 3 rings (SSSR count). The van der Waals surface area contributed by atoms with Crippen molar-refractivity contribution in [3.05, 3.63) is 58.1 Å². The largest absolute Gasteiger partial charge is 0.360 e. The van der Waals surface area contributed by atoms with E-state index in [0.717, 1.165) is 6.26 Å². The molecule has 0 aliphatic rings. The van der Waals surface area contributed by atoms with E-state index in [4.69, 9.17) is 5.26 Å². The Morgan fingerprint density at radius 1 is 1.24 bits per heavy atom. The molecule has 0 unspecified atom stereocenters. The van der Waals surface area contributed by atoms with Gasteiger partial charge in [0.15, 0.2) is 0 Å². The molecule has 25 heavy (non-hydrogen) atoms. The Balaban J connectivity index is 2.17. The monoisotopic (exact) mass is 354 g/mol. The van der Waals surface area contributed by atoms with Crippen LogP contribution in [-0.4, -0.2) is 24.6 Å². The summed E-state index contributed by atoms with van der Waals surface area (Å²) < 4.78 is 25.4. The van der Waals surface area contributed by atoms with Crippen LogP contribution in [0.3, 0.4) is 0 Å². The number of nitriles is 1. The van der Waals surface area contributed by atoms with E-state index < -0.39 is 10.0 Å². The summed E-state index contributed by atoms with van der Waals surface area (Å²) in [6, 6.07) is 8.70. The predicted molar refractivity (Wildman–Crippen MR) is 95.7 cm³/mol. The predicted octanol–water partition coefficient (Wildman–Crippen LogP) is 2.14. The molecule has 2 N–H and O–H groups in total. The Morgan fingerprint density at radius 3 is 2.68 bits per heavy atom. The van der Waals surface area contributed by atoms with E-state index >= 15 is 0 Å². The number of aryl methyl sites for hydroxylation is 1. The zero-order valence-corrected chi connectivity index (χ0v) is 14.3. The number of pyridine rings is 2. The summed E-state index contributed by atoms with van der Waals surface area (Å²) in [7, 11) is -3.43. The van der Waals surface area contributed by atoms with Gasteiger partial charge in [0, 0.05) is 28.9 Å². The first kappa shape index (κ1) is 16.7. The summed E-state index contributed by atoms with van der Waals surface area (Å²) in [5, 5.41) is 9.38. The fourth-order valence-electron chi connectivity index (χ4n) is 2.48. The summed E-state index contributed by atoms with van der Waals surface area (Å²) in [6.07, 6.45) is 4.05. The molecule has 0 aliphatic heterocycles. The quantitative estimate of drug-likeness (QED) is 0.747. The van der Waals surface area contributed by atoms with Crippen molar-refractivity contribution < 1.29 is 8.42 Å². The van der Waals surface area contributed by atoms with Gasteiger partial charge in [-0.1, -0.05) is 6.07 Å². The molecule has 0 saturated carbocycles. The van der Waals surface area contributed by atoms with Crippen LogP contribution in [0.2, 0.25) is 0 Å². The molecule has 8 heteroatoms. The van der Waals surface area contributed by atoms with Crippen molar-refractivity contribution >= 4 is 26.6 Å². The van der Waals surface area contributed by atoms with Crippen LogP contribution < -0.4 is 10.2 Å². The molecule has 0 saturated heterocycles. The Kier molecular flexibility index (Phi) is 4.02. The first-order valence-electron chi connectivity index (χ1n) is 7.29. The Hall–Kier alpha value is -3.18. The number of aromatic nitrogens is 2. The van der Waals surface area contributed by atoms with Crippen LogP contribution in [0.15, 0.2) is 41.5 Å². The lowest BCUT2D eigenvalue weighted by molar-refractivity contribution is 0.606. The van der Waals surface area contributed by atoms with E-state index in [0.29, 0.717) is 33.4 Å². The molecule has 3 aromatic rings. The van der Waals surface area contributed by atoms with Crippen LogP contribution in [-0.2, 0) is 10.0 Å². The molecule has 0 amide bonds. The molecule has 0 bridgehead atoms. The molecule has 2 heterocycles. The lowest BCUT2D eigenvalue weighted by atomic mass is 10.0. The lowest BCUT2D eigenvalue weighted by Crippen LogP contribution is -2.11. The van der Waals surface area contributed by atoms with E-state index in [-0.39, 0.29) is 11.0 Å². The van der Waals surface area contributed by atoms with Gasteiger partial charge in [0.25, 0.3) is 0 Å². The van der Waals surface area contributed by atoms with Gasteiger partial charge in [-0.15, -0.1) is 0 Å². The highest BCUT2D eigenvalue weighted by atomic mass is 32.2. The Bertz CT molecular complexity index is 1190. The number of sulfonamides is 1. The maximum absolute atomic E-state index is 12.3. The van der Waals surface area contributed by atoms with Crippen molar-refractivity contribution in [2.24, 2.45) is 0 Å². The molecule has 0 fully saturated rings. The average Bonchev–Trinajstić information content (AvgIpc) is 2.56. The van der Waals surface area contributed by atoms with Crippen molar-refractivity contribution in [3.8, 4) is 17.2 Å². The van der Waals surface area contributed by atoms with Gasteiger partial charge < -0.3 is 4.98 Å². The number of hydrogen-bond acceptors (Lipinski definition) is 5. The number of nitrogens with one attached hydrogen (secondary N) is 2. The first-order valence-corrected chi connectivity index (χ1v) is 9.18. The van der Waals surface area contributed by atoms with E-state index in [1.54, 1.807) is 37.4 Å².